The predicted octanol–water partition coefficient (Wildman–Crippen LogP) is 7.99. The molecule has 2 fully saturated rings. The summed E-state index contributed by atoms with van der Waals surface area (Å²) in [6.07, 6.45) is 7.35. The van der Waals surface area contributed by atoms with Crippen LogP contribution in [0.15, 0.2) is 72.8 Å². The third-order valence-electron chi connectivity index (χ3n) is 9.93. The Bertz CT molecular complexity index is 1170. The minimum Gasteiger partial charge on any atom is -0.411 e. The number of aliphatic hydroxyl groups excluding tert-OH is 1. The Morgan fingerprint density at radius 2 is 1.55 bits per heavy atom. The fourth-order valence-electron chi connectivity index (χ4n) is 6.17. The second kappa shape index (κ2) is 15.2. The number of ether oxygens (including phenoxy) is 4. The van der Waals surface area contributed by atoms with Crippen LogP contribution < -0.4 is 0 Å². The van der Waals surface area contributed by atoms with E-state index < -0.39 is 19.5 Å². The monoisotopic (exact) mass is 624 g/mol. The van der Waals surface area contributed by atoms with E-state index in [1.54, 1.807) is 6.08 Å². The summed E-state index contributed by atoms with van der Waals surface area (Å²) < 4.78 is 34.0. The molecule has 0 unspecified atom stereocenters. The van der Waals surface area contributed by atoms with Crippen molar-refractivity contribution >= 4 is 8.32 Å². The molecule has 2 heterocycles. The van der Waals surface area contributed by atoms with Crippen molar-refractivity contribution in [2.24, 2.45) is 0 Å². The lowest BCUT2D eigenvalue weighted by Gasteiger charge is -2.59. The zero-order valence-electron chi connectivity index (χ0n) is 28.1. The first-order valence-corrected chi connectivity index (χ1v) is 19.3. The van der Waals surface area contributed by atoms with E-state index in [1.807, 2.05) is 30.3 Å². The van der Waals surface area contributed by atoms with Crippen molar-refractivity contribution < 1.29 is 28.5 Å². The van der Waals surface area contributed by atoms with Crippen LogP contribution in [0.4, 0.5) is 0 Å². The molecular formula is C37H56O6Si. The van der Waals surface area contributed by atoms with Gasteiger partial charge in [-0.3, -0.25) is 0 Å². The van der Waals surface area contributed by atoms with Gasteiger partial charge in [-0.15, -0.1) is 0 Å². The minimum atomic E-state index is -2.12. The molecule has 2 saturated heterocycles. The lowest BCUT2D eigenvalue weighted by molar-refractivity contribution is -0.330. The maximum absolute atomic E-state index is 9.49. The van der Waals surface area contributed by atoms with Crippen LogP contribution in [0.2, 0.25) is 18.1 Å². The van der Waals surface area contributed by atoms with E-state index >= 15 is 0 Å². The van der Waals surface area contributed by atoms with Gasteiger partial charge < -0.3 is 28.5 Å². The fourth-order valence-corrected chi connectivity index (χ4v) is 7.58. The highest BCUT2D eigenvalue weighted by Gasteiger charge is 2.60. The molecule has 0 aliphatic carbocycles. The number of fused-ring (bicyclic) bond motifs is 1. The van der Waals surface area contributed by atoms with Crippen LogP contribution in [-0.4, -0.2) is 62.3 Å². The summed E-state index contributed by atoms with van der Waals surface area (Å²) in [6, 6.07) is 20.7. The van der Waals surface area contributed by atoms with Crippen LogP contribution >= 0.6 is 0 Å². The van der Waals surface area contributed by atoms with E-state index in [0.29, 0.717) is 26.2 Å². The van der Waals surface area contributed by atoms with Gasteiger partial charge in [-0.05, 0) is 62.4 Å². The van der Waals surface area contributed by atoms with Gasteiger partial charge in [0, 0.05) is 19.4 Å². The summed E-state index contributed by atoms with van der Waals surface area (Å²) in [7, 11) is -2.12. The minimum absolute atomic E-state index is 0.00635. The highest BCUT2D eigenvalue weighted by Crippen LogP contribution is 2.50. The number of benzene rings is 2. The predicted molar refractivity (Wildman–Crippen MR) is 179 cm³/mol. The SMILES string of the molecule is CC(C)(C)[Si](C)(C)O[C@H]1C[C@H]2O[C@@H](CCCOCc3ccccc3)C[C@H](OCc3ccccc3)[C@]2(C)O[C@]1(C)C/C=C\CO. The first-order chi connectivity index (χ1) is 20.9. The fraction of sp³-hybridized carbons (Fsp3) is 0.622. The smallest absolute Gasteiger partial charge is 0.192 e. The molecule has 44 heavy (non-hydrogen) atoms. The van der Waals surface area contributed by atoms with Gasteiger partial charge in [0.15, 0.2) is 8.32 Å². The molecular weight excluding hydrogens is 568 g/mol. The second-order valence-electron chi connectivity index (χ2n) is 14.5. The highest BCUT2D eigenvalue weighted by molar-refractivity contribution is 6.74. The van der Waals surface area contributed by atoms with Crippen molar-refractivity contribution in [3.63, 3.8) is 0 Å². The molecule has 2 aromatic carbocycles. The van der Waals surface area contributed by atoms with Gasteiger partial charge in [0.05, 0.1) is 49.8 Å². The largest absolute Gasteiger partial charge is 0.411 e. The van der Waals surface area contributed by atoms with E-state index in [2.05, 4.69) is 84.1 Å². The van der Waals surface area contributed by atoms with Crippen molar-refractivity contribution in [3.05, 3.63) is 83.9 Å². The van der Waals surface area contributed by atoms with Gasteiger partial charge >= 0.3 is 0 Å². The molecule has 2 aliphatic heterocycles. The highest BCUT2D eigenvalue weighted by atomic mass is 28.4. The van der Waals surface area contributed by atoms with Crippen LogP contribution in [0.25, 0.3) is 0 Å². The molecule has 0 amide bonds. The Labute approximate surface area is 267 Å². The van der Waals surface area contributed by atoms with E-state index in [4.69, 9.17) is 23.4 Å². The first-order valence-electron chi connectivity index (χ1n) is 16.4. The Hall–Kier alpha value is -1.84. The Balaban J connectivity index is 1.52. The van der Waals surface area contributed by atoms with Gasteiger partial charge in [-0.25, -0.2) is 0 Å². The lowest BCUT2D eigenvalue weighted by Crippen LogP contribution is -2.70. The first kappa shape index (κ1) is 35.0. The summed E-state index contributed by atoms with van der Waals surface area (Å²) in [4.78, 5) is 0. The van der Waals surface area contributed by atoms with Crippen LogP contribution in [0, 0.1) is 0 Å². The van der Waals surface area contributed by atoms with E-state index in [-0.39, 0.29) is 36.1 Å². The van der Waals surface area contributed by atoms with Gasteiger partial charge in [0.2, 0.25) is 0 Å². The number of rotatable bonds is 14. The van der Waals surface area contributed by atoms with Crippen molar-refractivity contribution in [1.82, 2.24) is 0 Å². The third-order valence-corrected chi connectivity index (χ3v) is 14.4. The molecule has 1 N–H and O–H groups in total. The second-order valence-corrected chi connectivity index (χ2v) is 19.3. The standard InChI is InChI=1S/C37H56O6Si/c1-35(2,3)44(6,7)42-32-26-34-37(5,43-36(32,4)22-14-15-23-38)33(40-28-30-19-12-9-13-20-30)25-31(41-34)21-16-24-39-27-29-17-10-8-11-18-29/h8-15,17-20,31-34,38H,16,21-28H2,1-7H3/b15-14-/t31-,32-,33-,34+,36+,37-/m0/s1. The zero-order chi connectivity index (χ0) is 31.8. The summed E-state index contributed by atoms with van der Waals surface area (Å²) >= 11 is 0. The molecule has 0 saturated carbocycles. The summed E-state index contributed by atoms with van der Waals surface area (Å²) in [6.45, 7) is 17.6. The molecule has 4 rings (SSSR count). The maximum atomic E-state index is 9.49. The third kappa shape index (κ3) is 8.90. The van der Waals surface area contributed by atoms with Crippen LogP contribution in [-0.2, 0) is 36.6 Å². The number of hydrogen-bond acceptors (Lipinski definition) is 6. The molecule has 0 spiro atoms. The van der Waals surface area contributed by atoms with Gasteiger partial charge in [0.25, 0.3) is 0 Å². The normalized spacial score (nSPS) is 29.5. The molecule has 2 aliphatic rings. The van der Waals surface area contributed by atoms with Crippen molar-refractivity contribution in [1.29, 1.82) is 0 Å². The Kier molecular flexibility index (Phi) is 12.1. The Morgan fingerprint density at radius 1 is 0.909 bits per heavy atom. The lowest BCUT2D eigenvalue weighted by atomic mass is 9.75. The van der Waals surface area contributed by atoms with Gasteiger partial charge in [-0.2, -0.15) is 0 Å². The number of hydrogen-bond donors (Lipinski definition) is 1. The summed E-state index contributed by atoms with van der Waals surface area (Å²) in [5.41, 5.74) is 1.09. The zero-order valence-corrected chi connectivity index (χ0v) is 29.1. The van der Waals surface area contributed by atoms with Crippen LogP contribution in [0.1, 0.15) is 77.8 Å². The summed E-state index contributed by atoms with van der Waals surface area (Å²) in [5.74, 6) is 0. The molecule has 0 aromatic heterocycles. The average molecular weight is 625 g/mol. The molecule has 2 aromatic rings. The van der Waals surface area contributed by atoms with Crippen LogP contribution in [0.5, 0.6) is 0 Å². The van der Waals surface area contributed by atoms with E-state index in [0.717, 1.165) is 31.2 Å². The van der Waals surface area contributed by atoms with Gasteiger partial charge in [-0.1, -0.05) is 93.6 Å². The molecule has 6 atom stereocenters. The molecule has 0 bridgehead atoms. The van der Waals surface area contributed by atoms with Crippen molar-refractivity contribution in [3.8, 4) is 0 Å². The molecule has 6 nitrogen and oxygen atoms in total. The van der Waals surface area contributed by atoms with Gasteiger partial charge in [0.1, 0.15) is 5.60 Å². The maximum Gasteiger partial charge on any atom is 0.192 e. The van der Waals surface area contributed by atoms with Crippen molar-refractivity contribution in [2.75, 3.05) is 13.2 Å². The number of aliphatic hydroxyl groups is 1. The van der Waals surface area contributed by atoms with Crippen molar-refractivity contribution in [2.45, 2.75) is 134 Å². The Morgan fingerprint density at radius 3 is 2.16 bits per heavy atom. The quantitative estimate of drug-likeness (QED) is 0.131. The molecule has 0 radical (unpaired) electrons. The van der Waals surface area contributed by atoms with E-state index in [9.17, 15) is 5.11 Å². The van der Waals surface area contributed by atoms with Crippen LogP contribution in [0.3, 0.4) is 0 Å². The topological polar surface area (TPSA) is 66.4 Å². The summed E-state index contributed by atoms with van der Waals surface area (Å²) in [5, 5.41) is 9.55. The molecule has 7 heteroatoms. The van der Waals surface area contributed by atoms with E-state index in [1.165, 1.54) is 5.56 Å². The molecule has 244 valence electrons. The average Bonchev–Trinajstić information content (AvgIpc) is 2.97.